The van der Waals surface area contributed by atoms with Crippen molar-refractivity contribution in [2.24, 2.45) is 0 Å². The van der Waals surface area contributed by atoms with Crippen molar-refractivity contribution in [3.63, 3.8) is 0 Å². The Morgan fingerprint density at radius 3 is 2.67 bits per heavy atom. The Morgan fingerprint density at radius 2 is 2.00 bits per heavy atom. The molecule has 1 aromatic carbocycles. The molecule has 0 aliphatic heterocycles. The molecule has 0 amide bonds. The number of hydrogen-bond donors (Lipinski definition) is 1. The van der Waals surface area contributed by atoms with E-state index in [2.05, 4.69) is 0 Å². The fourth-order valence-electron chi connectivity index (χ4n) is 1.10. The van der Waals surface area contributed by atoms with Crippen molar-refractivity contribution < 1.29 is 5.11 Å². The minimum absolute atomic E-state index is 0.163. The van der Waals surface area contributed by atoms with Gasteiger partial charge in [-0.25, -0.2) is 0 Å². The second kappa shape index (κ2) is 3.90. The average molecular weight is 164 g/mol. The van der Waals surface area contributed by atoms with Crippen LogP contribution in [0.4, 0.5) is 0 Å². The second-order valence-corrected chi connectivity index (χ2v) is 2.71. The molecule has 0 radical (unpaired) electrons. The summed E-state index contributed by atoms with van der Waals surface area (Å²) in [7, 11) is 0. The molecule has 2 heteroatoms. The molecule has 1 aromatic rings. The molecule has 0 saturated heterocycles. The van der Waals surface area contributed by atoms with Gasteiger partial charge in [-0.15, -0.1) is 0 Å². The van der Waals surface area contributed by atoms with Gasteiger partial charge in [-0.05, 0) is 12.5 Å². The zero-order chi connectivity index (χ0) is 8.97. The van der Waals surface area contributed by atoms with Gasteiger partial charge in [0.1, 0.15) is 0 Å². The molecule has 0 unspecified atom stereocenters. The van der Waals surface area contributed by atoms with Crippen molar-refractivity contribution in [3.05, 3.63) is 40.1 Å². The van der Waals surface area contributed by atoms with Crippen molar-refractivity contribution in [1.82, 2.24) is 0 Å². The minimum Gasteiger partial charge on any atom is -0.504 e. The van der Waals surface area contributed by atoms with Crippen LogP contribution < -0.4 is 5.43 Å². The maximum Gasteiger partial charge on any atom is 0.223 e. The van der Waals surface area contributed by atoms with E-state index in [9.17, 15) is 9.90 Å². The first-order chi connectivity index (χ1) is 5.75. The molecule has 0 bridgehead atoms. The SMILES string of the molecule is CCCc1ccccc(O)c1=O. The topological polar surface area (TPSA) is 37.3 Å². The number of hydrogen-bond acceptors (Lipinski definition) is 2. The molecule has 0 aliphatic carbocycles. The van der Waals surface area contributed by atoms with Gasteiger partial charge in [0.15, 0.2) is 5.75 Å². The van der Waals surface area contributed by atoms with Crippen molar-refractivity contribution in [1.29, 1.82) is 0 Å². The Bertz CT molecular complexity index is 318. The quantitative estimate of drug-likeness (QED) is 0.722. The van der Waals surface area contributed by atoms with Crippen LogP contribution in [0.2, 0.25) is 0 Å². The molecule has 0 heterocycles. The van der Waals surface area contributed by atoms with Gasteiger partial charge in [0.2, 0.25) is 5.43 Å². The van der Waals surface area contributed by atoms with Crippen molar-refractivity contribution in [2.75, 3.05) is 0 Å². The molecular formula is C10H12O2. The normalized spacial score (nSPS) is 9.75. The maximum absolute atomic E-state index is 11.3. The minimum atomic E-state index is -0.248. The van der Waals surface area contributed by atoms with E-state index in [-0.39, 0.29) is 11.2 Å². The van der Waals surface area contributed by atoms with Crippen molar-refractivity contribution in [3.8, 4) is 5.75 Å². The average Bonchev–Trinajstić information content (AvgIpc) is 2.20. The lowest BCUT2D eigenvalue weighted by Crippen LogP contribution is -2.04. The summed E-state index contributed by atoms with van der Waals surface area (Å²) < 4.78 is 0. The lowest BCUT2D eigenvalue weighted by Gasteiger charge is -1.91. The zero-order valence-corrected chi connectivity index (χ0v) is 7.08. The molecule has 0 saturated carbocycles. The summed E-state index contributed by atoms with van der Waals surface area (Å²) in [6, 6.07) is 6.61. The number of aromatic hydroxyl groups is 1. The van der Waals surface area contributed by atoms with Crippen molar-refractivity contribution >= 4 is 0 Å². The Balaban J connectivity index is 3.23. The summed E-state index contributed by atoms with van der Waals surface area (Å²) >= 11 is 0. The molecule has 0 fully saturated rings. The molecular weight excluding hydrogens is 152 g/mol. The van der Waals surface area contributed by atoms with Crippen LogP contribution in [0.3, 0.4) is 0 Å². The molecule has 64 valence electrons. The molecule has 0 aromatic heterocycles. The van der Waals surface area contributed by atoms with Crippen LogP contribution in [0.5, 0.6) is 5.75 Å². The van der Waals surface area contributed by atoms with E-state index < -0.39 is 0 Å². The highest BCUT2D eigenvalue weighted by molar-refractivity contribution is 5.25. The second-order valence-electron chi connectivity index (χ2n) is 2.71. The molecule has 0 aliphatic rings. The van der Waals surface area contributed by atoms with E-state index in [0.717, 1.165) is 12.8 Å². The van der Waals surface area contributed by atoms with E-state index in [1.165, 1.54) is 6.07 Å². The summed E-state index contributed by atoms with van der Waals surface area (Å²) in [4.78, 5) is 11.3. The van der Waals surface area contributed by atoms with Gasteiger partial charge in [0.25, 0.3) is 0 Å². The van der Waals surface area contributed by atoms with E-state index >= 15 is 0 Å². The third-order valence-corrected chi connectivity index (χ3v) is 1.71. The summed E-state index contributed by atoms with van der Waals surface area (Å²) in [5, 5.41) is 9.17. The van der Waals surface area contributed by atoms with E-state index in [4.69, 9.17) is 0 Å². The summed E-state index contributed by atoms with van der Waals surface area (Å²) in [5.74, 6) is -0.163. The highest BCUT2D eigenvalue weighted by atomic mass is 16.3. The Morgan fingerprint density at radius 1 is 1.33 bits per heavy atom. The molecule has 12 heavy (non-hydrogen) atoms. The maximum atomic E-state index is 11.3. The van der Waals surface area contributed by atoms with E-state index in [0.29, 0.717) is 5.56 Å². The van der Waals surface area contributed by atoms with Gasteiger partial charge in [0.05, 0.1) is 0 Å². The third kappa shape index (κ3) is 1.84. The van der Waals surface area contributed by atoms with Crippen LogP contribution >= 0.6 is 0 Å². The molecule has 1 N–H and O–H groups in total. The van der Waals surface area contributed by atoms with Crippen LogP contribution in [0.1, 0.15) is 18.9 Å². The van der Waals surface area contributed by atoms with Gasteiger partial charge >= 0.3 is 0 Å². The fraction of sp³-hybridized carbons (Fsp3) is 0.300. The standard InChI is InChI=1S/C10H12O2/c1-2-5-8-6-3-4-7-9(11)10(8)12/h3-4,6-7H,2,5H2,1H3,(H,11,12). The first kappa shape index (κ1) is 8.78. The van der Waals surface area contributed by atoms with Gasteiger partial charge in [-0.2, -0.15) is 0 Å². The number of aryl methyl sites for hydroxylation is 1. The molecule has 0 atom stereocenters. The van der Waals surface area contributed by atoms with Gasteiger partial charge in [-0.1, -0.05) is 31.5 Å². The van der Waals surface area contributed by atoms with E-state index in [1.807, 2.05) is 6.92 Å². The highest BCUT2D eigenvalue weighted by Gasteiger charge is 1.99. The lowest BCUT2D eigenvalue weighted by atomic mass is 10.1. The Labute approximate surface area is 71.5 Å². The van der Waals surface area contributed by atoms with Crippen LogP contribution in [-0.4, -0.2) is 5.11 Å². The summed E-state index contributed by atoms with van der Waals surface area (Å²) in [5.41, 5.74) is 0.432. The lowest BCUT2D eigenvalue weighted by molar-refractivity contribution is 0.470. The van der Waals surface area contributed by atoms with Crippen LogP contribution in [0.25, 0.3) is 0 Å². The molecule has 0 spiro atoms. The van der Waals surface area contributed by atoms with Gasteiger partial charge < -0.3 is 5.11 Å². The zero-order valence-electron chi connectivity index (χ0n) is 7.08. The van der Waals surface area contributed by atoms with Gasteiger partial charge in [0, 0.05) is 5.56 Å². The monoisotopic (exact) mass is 164 g/mol. The van der Waals surface area contributed by atoms with Crippen molar-refractivity contribution in [2.45, 2.75) is 19.8 Å². The van der Waals surface area contributed by atoms with Crippen LogP contribution in [0.15, 0.2) is 29.1 Å². The molecule has 2 nitrogen and oxygen atoms in total. The first-order valence-corrected chi connectivity index (χ1v) is 4.07. The predicted octanol–water partition coefficient (Wildman–Crippen LogP) is 1.70. The Hall–Kier alpha value is -1.31. The molecule has 1 rings (SSSR count). The Kier molecular flexibility index (Phi) is 2.86. The largest absolute Gasteiger partial charge is 0.504 e. The van der Waals surface area contributed by atoms with E-state index in [1.54, 1.807) is 18.2 Å². The third-order valence-electron chi connectivity index (χ3n) is 1.71. The smallest absolute Gasteiger partial charge is 0.223 e. The van der Waals surface area contributed by atoms with Crippen LogP contribution in [-0.2, 0) is 6.42 Å². The fourth-order valence-corrected chi connectivity index (χ4v) is 1.10. The first-order valence-electron chi connectivity index (χ1n) is 4.07. The van der Waals surface area contributed by atoms with Gasteiger partial charge in [-0.3, -0.25) is 4.79 Å². The van der Waals surface area contributed by atoms with Crippen LogP contribution in [0, 0.1) is 0 Å². The summed E-state index contributed by atoms with van der Waals surface area (Å²) in [6.07, 6.45) is 1.64. The number of rotatable bonds is 2. The summed E-state index contributed by atoms with van der Waals surface area (Å²) in [6.45, 7) is 2.00. The predicted molar refractivity (Wildman–Crippen MR) is 48.4 cm³/mol. The highest BCUT2D eigenvalue weighted by Crippen LogP contribution is 2.02.